The Kier molecular flexibility index (Phi) is 7.38. The maximum atomic E-state index is 12.8. The fourth-order valence-corrected chi connectivity index (χ4v) is 5.40. The molecule has 2 fully saturated rings. The maximum absolute atomic E-state index is 12.8. The zero-order chi connectivity index (χ0) is 19.6. The summed E-state index contributed by atoms with van der Waals surface area (Å²) in [5.41, 5.74) is 5.50. The Balaban J connectivity index is 0.00000280. The summed E-state index contributed by atoms with van der Waals surface area (Å²) in [6.07, 6.45) is 2.81. The molecule has 1 saturated carbocycles. The van der Waals surface area contributed by atoms with Crippen LogP contribution >= 0.6 is 12.4 Å². The van der Waals surface area contributed by atoms with E-state index >= 15 is 0 Å². The van der Waals surface area contributed by atoms with Crippen LogP contribution in [0.5, 0.6) is 0 Å². The zero-order valence-corrected chi connectivity index (χ0v) is 17.0. The van der Waals surface area contributed by atoms with Gasteiger partial charge in [-0.1, -0.05) is 12.5 Å². The Labute approximate surface area is 170 Å². The molecule has 0 bridgehead atoms. The molecule has 0 aromatic heterocycles. The smallest absolute Gasteiger partial charge is 0.270 e. The molecular formula is C17H25ClN4O5S. The number of non-ortho nitro benzene ring substituents is 1. The van der Waals surface area contributed by atoms with Crippen LogP contribution in [0.4, 0.5) is 5.69 Å². The van der Waals surface area contributed by atoms with Gasteiger partial charge in [-0.3, -0.25) is 14.9 Å². The van der Waals surface area contributed by atoms with E-state index in [4.69, 9.17) is 5.73 Å². The molecule has 1 aliphatic heterocycles. The van der Waals surface area contributed by atoms with Crippen molar-refractivity contribution in [3.63, 3.8) is 0 Å². The fourth-order valence-electron chi connectivity index (χ4n) is 3.93. The number of nitrogens with two attached hydrogens (primary N) is 1. The van der Waals surface area contributed by atoms with Crippen LogP contribution in [0.15, 0.2) is 29.2 Å². The first-order valence-electron chi connectivity index (χ1n) is 9.08. The standard InChI is InChI=1S/C17H24N4O5S.ClH/c18-12-13-3-1-6-16(13)17(22)19-7-9-20(10-8-19)27(25,26)15-5-2-4-14(11-15)21(23)24;/h2,4-5,11,13,16H,1,3,6-10,12,18H2;1H/t13-,16-;/m1./s1. The van der Waals surface area contributed by atoms with Crippen molar-refractivity contribution in [3.8, 4) is 0 Å². The van der Waals surface area contributed by atoms with Crippen molar-refractivity contribution in [1.29, 1.82) is 0 Å². The van der Waals surface area contributed by atoms with Crippen LogP contribution in [0.3, 0.4) is 0 Å². The number of carbonyl (C=O) groups is 1. The Bertz CT molecular complexity index is 827. The van der Waals surface area contributed by atoms with Gasteiger partial charge in [-0.2, -0.15) is 4.31 Å². The number of nitro groups is 1. The molecule has 0 radical (unpaired) electrons. The average Bonchev–Trinajstić information content (AvgIpc) is 3.16. The zero-order valence-electron chi connectivity index (χ0n) is 15.4. The SMILES string of the molecule is Cl.NC[C@H]1CCC[C@H]1C(=O)N1CCN(S(=O)(=O)c2cccc([N+](=O)[O-])c2)CC1. The molecule has 2 atom stereocenters. The van der Waals surface area contributed by atoms with Crippen LogP contribution in [0.25, 0.3) is 0 Å². The van der Waals surface area contributed by atoms with E-state index in [1.165, 1.54) is 22.5 Å². The lowest BCUT2D eigenvalue weighted by Crippen LogP contribution is -2.52. The second kappa shape index (κ2) is 9.17. The highest BCUT2D eigenvalue weighted by atomic mass is 35.5. The Morgan fingerprint density at radius 1 is 1.21 bits per heavy atom. The molecule has 0 unspecified atom stereocenters. The fraction of sp³-hybridized carbons (Fsp3) is 0.588. The lowest BCUT2D eigenvalue weighted by atomic mass is 9.94. The van der Waals surface area contributed by atoms with E-state index in [0.29, 0.717) is 19.6 Å². The average molecular weight is 433 g/mol. The molecule has 11 heteroatoms. The van der Waals surface area contributed by atoms with Gasteiger partial charge < -0.3 is 10.6 Å². The molecule has 156 valence electrons. The summed E-state index contributed by atoms with van der Waals surface area (Å²) in [6, 6.07) is 5.03. The van der Waals surface area contributed by atoms with Crippen LogP contribution in [0.2, 0.25) is 0 Å². The van der Waals surface area contributed by atoms with Crippen LogP contribution in [0, 0.1) is 22.0 Å². The highest BCUT2D eigenvalue weighted by molar-refractivity contribution is 7.89. The van der Waals surface area contributed by atoms with E-state index in [9.17, 15) is 23.3 Å². The van der Waals surface area contributed by atoms with Crippen LogP contribution < -0.4 is 5.73 Å². The van der Waals surface area contributed by atoms with E-state index < -0.39 is 14.9 Å². The number of piperazine rings is 1. The highest BCUT2D eigenvalue weighted by Gasteiger charge is 2.37. The molecule has 2 aliphatic rings. The van der Waals surface area contributed by atoms with E-state index in [-0.39, 0.29) is 53.8 Å². The Morgan fingerprint density at radius 2 is 1.89 bits per heavy atom. The number of hydrogen-bond acceptors (Lipinski definition) is 6. The maximum Gasteiger partial charge on any atom is 0.270 e. The number of amides is 1. The Hall–Kier alpha value is -1.75. The number of nitro benzene ring substituents is 1. The van der Waals surface area contributed by atoms with Gasteiger partial charge >= 0.3 is 0 Å². The largest absolute Gasteiger partial charge is 0.340 e. The van der Waals surface area contributed by atoms with Gasteiger partial charge in [0.2, 0.25) is 15.9 Å². The number of halogens is 1. The molecule has 28 heavy (non-hydrogen) atoms. The predicted molar refractivity (Wildman–Crippen MR) is 106 cm³/mol. The number of nitrogens with zero attached hydrogens (tertiary/aromatic N) is 3. The molecule has 2 N–H and O–H groups in total. The molecule has 1 aliphatic carbocycles. The van der Waals surface area contributed by atoms with E-state index in [2.05, 4.69) is 0 Å². The molecule has 1 aromatic rings. The Morgan fingerprint density at radius 3 is 2.50 bits per heavy atom. The first-order chi connectivity index (χ1) is 12.8. The van der Waals surface area contributed by atoms with Crippen molar-refractivity contribution in [2.24, 2.45) is 17.6 Å². The quantitative estimate of drug-likeness (QED) is 0.550. The highest BCUT2D eigenvalue weighted by Crippen LogP contribution is 2.33. The number of rotatable bonds is 5. The first-order valence-corrected chi connectivity index (χ1v) is 10.5. The second-order valence-corrected chi connectivity index (χ2v) is 8.95. The van der Waals surface area contributed by atoms with Crippen molar-refractivity contribution in [1.82, 2.24) is 9.21 Å². The number of hydrogen-bond donors (Lipinski definition) is 1. The van der Waals surface area contributed by atoms with Crippen LogP contribution in [0.1, 0.15) is 19.3 Å². The molecule has 1 saturated heterocycles. The minimum Gasteiger partial charge on any atom is -0.340 e. The molecule has 0 spiro atoms. The van der Waals surface area contributed by atoms with Crippen LogP contribution in [-0.2, 0) is 14.8 Å². The second-order valence-electron chi connectivity index (χ2n) is 7.02. The van der Waals surface area contributed by atoms with Gasteiger partial charge in [0.1, 0.15) is 0 Å². The number of carbonyl (C=O) groups excluding carboxylic acids is 1. The third-order valence-electron chi connectivity index (χ3n) is 5.50. The molecule has 1 amide bonds. The van der Waals surface area contributed by atoms with Gasteiger partial charge in [0.25, 0.3) is 5.69 Å². The van der Waals surface area contributed by atoms with Gasteiger partial charge in [-0.05, 0) is 31.4 Å². The monoisotopic (exact) mass is 432 g/mol. The minimum absolute atomic E-state index is 0. The van der Waals surface area contributed by atoms with Crippen LogP contribution in [-0.4, -0.2) is 61.2 Å². The number of benzene rings is 1. The van der Waals surface area contributed by atoms with Gasteiger partial charge in [-0.15, -0.1) is 12.4 Å². The topological polar surface area (TPSA) is 127 Å². The predicted octanol–water partition coefficient (Wildman–Crippen LogP) is 1.22. The summed E-state index contributed by atoms with van der Waals surface area (Å²) in [7, 11) is -3.83. The van der Waals surface area contributed by atoms with Gasteiger partial charge in [0.15, 0.2) is 0 Å². The minimum atomic E-state index is -3.83. The summed E-state index contributed by atoms with van der Waals surface area (Å²) in [5, 5.41) is 10.9. The van der Waals surface area contributed by atoms with E-state index in [0.717, 1.165) is 25.3 Å². The van der Waals surface area contributed by atoms with Crippen molar-refractivity contribution < 1.29 is 18.1 Å². The molecule has 1 heterocycles. The van der Waals surface area contributed by atoms with E-state index in [1.807, 2.05) is 0 Å². The van der Waals surface area contributed by atoms with Gasteiger partial charge in [0, 0.05) is 44.2 Å². The summed E-state index contributed by atoms with van der Waals surface area (Å²) in [4.78, 5) is 24.6. The van der Waals surface area contributed by atoms with Crippen molar-refractivity contribution >= 4 is 34.0 Å². The van der Waals surface area contributed by atoms with E-state index in [1.54, 1.807) is 4.90 Å². The van der Waals surface area contributed by atoms with Gasteiger partial charge in [0.05, 0.1) is 9.82 Å². The molecular weight excluding hydrogens is 408 g/mol. The first kappa shape index (κ1) is 22.5. The van der Waals surface area contributed by atoms with Crippen molar-refractivity contribution in [2.75, 3.05) is 32.7 Å². The van der Waals surface area contributed by atoms with Crippen molar-refractivity contribution in [3.05, 3.63) is 34.4 Å². The third-order valence-corrected chi connectivity index (χ3v) is 7.39. The molecule has 1 aromatic carbocycles. The lowest BCUT2D eigenvalue weighted by molar-refractivity contribution is -0.385. The summed E-state index contributed by atoms with van der Waals surface area (Å²) in [5.74, 6) is 0.217. The third kappa shape index (κ3) is 4.45. The summed E-state index contributed by atoms with van der Waals surface area (Å²) < 4.78 is 26.8. The summed E-state index contributed by atoms with van der Waals surface area (Å²) >= 11 is 0. The van der Waals surface area contributed by atoms with Gasteiger partial charge in [-0.25, -0.2) is 8.42 Å². The normalized spacial score (nSPS) is 23.2. The molecule has 9 nitrogen and oxygen atoms in total. The summed E-state index contributed by atoms with van der Waals surface area (Å²) in [6.45, 7) is 1.49. The number of sulfonamides is 1. The molecule has 3 rings (SSSR count). The van der Waals surface area contributed by atoms with Crippen molar-refractivity contribution in [2.45, 2.75) is 24.2 Å². The lowest BCUT2D eigenvalue weighted by Gasteiger charge is -2.36.